The molecule has 0 spiro atoms. The van der Waals surface area contributed by atoms with Gasteiger partial charge in [-0.15, -0.1) is 10.2 Å². The molecule has 3 aromatic rings. The van der Waals surface area contributed by atoms with E-state index in [1.165, 1.54) is 36.8 Å². The summed E-state index contributed by atoms with van der Waals surface area (Å²) >= 11 is 0. The number of hydrogen-bond acceptors (Lipinski definition) is 7. The molecule has 3 rings (SSSR count). The lowest BCUT2D eigenvalue weighted by atomic mass is 10.2. The minimum atomic E-state index is -0.598. The van der Waals surface area contributed by atoms with Gasteiger partial charge in [0.15, 0.2) is 11.5 Å². The SMILES string of the molecule is COc1cc(/C=N/n2cnnc2)ccc1OC(=O)c1ccco1. The second kappa shape index (κ2) is 6.56. The van der Waals surface area contributed by atoms with Gasteiger partial charge in [-0.25, -0.2) is 9.47 Å². The second-order valence-electron chi connectivity index (χ2n) is 4.36. The molecular formula is C15H12N4O4. The number of aromatic nitrogens is 3. The number of carbonyl (C=O) groups excluding carboxylic acids is 1. The Morgan fingerprint density at radius 1 is 1.26 bits per heavy atom. The third kappa shape index (κ3) is 3.43. The highest BCUT2D eigenvalue weighted by Crippen LogP contribution is 2.28. The van der Waals surface area contributed by atoms with Crippen molar-refractivity contribution >= 4 is 12.2 Å². The minimum absolute atomic E-state index is 0.116. The van der Waals surface area contributed by atoms with E-state index >= 15 is 0 Å². The predicted octanol–water partition coefficient (Wildman–Crippen LogP) is 1.98. The number of hydrogen-bond donors (Lipinski definition) is 0. The summed E-state index contributed by atoms with van der Waals surface area (Å²) in [6.45, 7) is 0. The maximum atomic E-state index is 11.9. The average molecular weight is 312 g/mol. The summed E-state index contributed by atoms with van der Waals surface area (Å²) in [4.78, 5) is 11.9. The van der Waals surface area contributed by atoms with Crippen molar-refractivity contribution in [3.63, 3.8) is 0 Å². The van der Waals surface area contributed by atoms with E-state index in [-0.39, 0.29) is 11.5 Å². The number of methoxy groups -OCH3 is 1. The highest BCUT2D eigenvalue weighted by molar-refractivity contribution is 5.89. The lowest BCUT2D eigenvalue weighted by Gasteiger charge is -2.08. The molecule has 0 saturated heterocycles. The number of rotatable bonds is 5. The number of ether oxygens (including phenoxy) is 2. The third-order valence-electron chi connectivity index (χ3n) is 2.86. The molecule has 2 heterocycles. The number of esters is 1. The van der Waals surface area contributed by atoms with Crippen molar-refractivity contribution in [1.29, 1.82) is 0 Å². The van der Waals surface area contributed by atoms with Crippen LogP contribution in [0.5, 0.6) is 11.5 Å². The fourth-order valence-corrected chi connectivity index (χ4v) is 1.78. The van der Waals surface area contributed by atoms with Crippen LogP contribution in [0.4, 0.5) is 0 Å². The monoisotopic (exact) mass is 312 g/mol. The van der Waals surface area contributed by atoms with E-state index in [2.05, 4.69) is 15.3 Å². The van der Waals surface area contributed by atoms with E-state index in [1.807, 2.05) is 0 Å². The van der Waals surface area contributed by atoms with Crippen molar-refractivity contribution in [3.05, 3.63) is 60.6 Å². The topological polar surface area (TPSA) is 91.7 Å². The number of furan rings is 1. The summed E-state index contributed by atoms with van der Waals surface area (Å²) in [6, 6.07) is 8.18. The summed E-state index contributed by atoms with van der Waals surface area (Å²) in [6.07, 6.45) is 5.93. The molecule has 0 atom stereocenters. The fourth-order valence-electron chi connectivity index (χ4n) is 1.78. The standard InChI is InChI=1S/C15H12N4O4/c1-21-14-7-11(8-18-19-9-16-17-10-19)4-5-12(14)23-15(20)13-3-2-6-22-13/h2-10H,1H3/b18-8+. The molecule has 0 aliphatic heterocycles. The molecule has 0 amide bonds. The van der Waals surface area contributed by atoms with Gasteiger partial charge in [0.05, 0.1) is 19.6 Å². The van der Waals surface area contributed by atoms with Crippen LogP contribution < -0.4 is 9.47 Å². The van der Waals surface area contributed by atoms with Crippen molar-refractivity contribution in [1.82, 2.24) is 14.9 Å². The smallest absolute Gasteiger partial charge is 0.379 e. The Kier molecular flexibility index (Phi) is 4.14. The van der Waals surface area contributed by atoms with Crippen LogP contribution in [0.25, 0.3) is 0 Å². The van der Waals surface area contributed by atoms with Gasteiger partial charge in [-0.05, 0) is 35.9 Å². The van der Waals surface area contributed by atoms with Crippen LogP contribution in [0.2, 0.25) is 0 Å². The number of carbonyl (C=O) groups is 1. The highest BCUT2D eigenvalue weighted by Gasteiger charge is 2.14. The third-order valence-corrected chi connectivity index (χ3v) is 2.86. The summed E-state index contributed by atoms with van der Waals surface area (Å²) < 4.78 is 16.9. The van der Waals surface area contributed by atoms with Crippen LogP contribution in [0.15, 0.2) is 58.8 Å². The minimum Gasteiger partial charge on any atom is -0.493 e. The number of benzene rings is 1. The van der Waals surface area contributed by atoms with Crippen LogP contribution in [0, 0.1) is 0 Å². The Bertz CT molecular complexity index is 810. The first-order valence-corrected chi connectivity index (χ1v) is 6.59. The van der Waals surface area contributed by atoms with Crippen LogP contribution in [0.3, 0.4) is 0 Å². The molecule has 8 heteroatoms. The van der Waals surface area contributed by atoms with Gasteiger partial charge in [-0.1, -0.05) is 0 Å². The van der Waals surface area contributed by atoms with Gasteiger partial charge in [0.25, 0.3) is 0 Å². The average Bonchev–Trinajstić information content (AvgIpc) is 3.27. The molecule has 0 unspecified atom stereocenters. The largest absolute Gasteiger partial charge is 0.493 e. The van der Waals surface area contributed by atoms with E-state index in [9.17, 15) is 4.79 Å². The van der Waals surface area contributed by atoms with Crippen LogP contribution in [-0.4, -0.2) is 34.2 Å². The fraction of sp³-hybridized carbons (Fsp3) is 0.0667. The van der Waals surface area contributed by atoms with Gasteiger partial charge >= 0.3 is 5.97 Å². The molecule has 0 aliphatic carbocycles. The molecule has 0 aliphatic rings. The van der Waals surface area contributed by atoms with E-state index in [4.69, 9.17) is 13.9 Å². The predicted molar refractivity (Wildman–Crippen MR) is 79.7 cm³/mol. The lowest BCUT2D eigenvalue weighted by molar-refractivity contribution is 0.0696. The lowest BCUT2D eigenvalue weighted by Crippen LogP contribution is -2.08. The molecule has 0 bridgehead atoms. The van der Waals surface area contributed by atoms with Crippen molar-refractivity contribution < 1.29 is 18.7 Å². The van der Waals surface area contributed by atoms with Crippen molar-refractivity contribution in [2.24, 2.45) is 5.10 Å². The van der Waals surface area contributed by atoms with Gasteiger partial charge in [-0.3, -0.25) is 0 Å². The van der Waals surface area contributed by atoms with Gasteiger partial charge in [0.2, 0.25) is 5.76 Å². The Morgan fingerprint density at radius 3 is 2.78 bits per heavy atom. The summed E-state index contributed by atoms with van der Waals surface area (Å²) in [7, 11) is 1.49. The highest BCUT2D eigenvalue weighted by atomic mass is 16.6. The maximum Gasteiger partial charge on any atom is 0.379 e. The summed E-state index contributed by atoms with van der Waals surface area (Å²) in [5.74, 6) is 0.206. The maximum absolute atomic E-state index is 11.9. The summed E-state index contributed by atoms with van der Waals surface area (Å²) in [5, 5.41) is 11.4. The first-order valence-electron chi connectivity index (χ1n) is 6.59. The van der Waals surface area contributed by atoms with Gasteiger partial charge in [-0.2, -0.15) is 5.10 Å². The molecule has 116 valence electrons. The zero-order valence-corrected chi connectivity index (χ0v) is 12.1. The van der Waals surface area contributed by atoms with E-state index in [1.54, 1.807) is 30.5 Å². The van der Waals surface area contributed by atoms with E-state index in [0.717, 1.165) is 5.56 Å². The van der Waals surface area contributed by atoms with Gasteiger partial charge < -0.3 is 13.9 Å². The Balaban J connectivity index is 1.78. The normalized spacial score (nSPS) is 10.8. The first kappa shape index (κ1) is 14.5. The van der Waals surface area contributed by atoms with Crippen molar-refractivity contribution in [2.75, 3.05) is 7.11 Å². The molecule has 0 fully saturated rings. The Morgan fingerprint density at radius 2 is 2.09 bits per heavy atom. The molecule has 0 N–H and O–H groups in total. The molecular weight excluding hydrogens is 300 g/mol. The van der Waals surface area contributed by atoms with Crippen LogP contribution in [0.1, 0.15) is 16.1 Å². The summed E-state index contributed by atoms with van der Waals surface area (Å²) in [5.41, 5.74) is 0.758. The molecule has 2 aromatic heterocycles. The molecule has 0 saturated carbocycles. The van der Waals surface area contributed by atoms with Crippen LogP contribution >= 0.6 is 0 Å². The van der Waals surface area contributed by atoms with Gasteiger partial charge in [0.1, 0.15) is 12.7 Å². The van der Waals surface area contributed by atoms with Crippen LogP contribution in [-0.2, 0) is 0 Å². The molecule has 23 heavy (non-hydrogen) atoms. The zero-order chi connectivity index (χ0) is 16.1. The first-order chi connectivity index (χ1) is 11.3. The molecule has 0 radical (unpaired) electrons. The van der Waals surface area contributed by atoms with E-state index < -0.39 is 5.97 Å². The Labute approximate surface area is 131 Å². The molecule has 1 aromatic carbocycles. The van der Waals surface area contributed by atoms with Gasteiger partial charge in [0, 0.05) is 0 Å². The molecule has 8 nitrogen and oxygen atoms in total. The Hall–Kier alpha value is -3.42. The van der Waals surface area contributed by atoms with E-state index in [0.29, 0.717) is 5.75 Å². The van der Waals surface area contributed by atoms with Crippen molar-refractivity contribution in [2.45, 2.75) is 0 Å². The second-order valence-corrected chi connectivity index (χ2v) is 4.36. The number of nitrogens with zero attached hydrogens (tertiary/aromatic N) is 4. The zero-order valence-electron chi connectivity index (χ0n) is 12.1. The quantitative estimate of drug-likeness (QED) is 0.406. The van der Waals surface area contributed by atoms with Crippen molar-refractivity contribution in [3.8, 4) is 11.5 Å².